The van der Waals surface area contributed by atoms with E-state index in [0.29, 0.717) is 22.4 Å². The second-order valence-electron chi connectivity index (χ2n) is 6.50. The number of phenolic OH excluding ortho intramolecular Hbond substituents is 2. The van der Waals surface area contributed by atoms with Gasteiger partial charge in [-0.25, -0.2) is 5.43 Å². The number of nitrogens with zero attached hydrogens (tertiary/aromatic N) is 1. The Morgan fingerprint density at radius 1 is 0.759 bits per heavy atom. The minimum absolute atomic E-state index is 0.0570. The van der Waals surface area contributed by atoms with Gasteiger partial charge in [0.2, 0.25) is 0 Å². The normalized spacial score (nSPS) is 11.4. The Labute approximate surface area is 167 Å². The van der Waals surface area contributed by atoms with Crippen molar-refractivity contribution in [3.63, 3.8) is 0 Å². The average molecular weight is 382 g/mol. The van der Waals surface area contributed by atoms with E-state index in [-0.39, 0.29) is 17.4 Å². The van der Waals surface area contributed by atoms with E-state index in [2.05, 4.69) is 10.5 Å². The number of nitrogens with one attached hydrogen (secondary N) is 1. The van der Waals surface area contributed by atoms with Gasteiger partial charge in [0.1, 0.15) is 17.2 Å². The lowest BCUT2D eigenvalue weighted by atomic mass is 10.0. The van der Waals surface area contributed by atoms with E-state index in [4.69, 9.17) is 0 Å². The van der Waals surface area contributed by atoms with Crippen molar-refractivity contribution in [3.8, 4) is 11.5 Å². The Kier molecular flexibility index (Phi) is 4.95. The van der Waals surface area contributed by atoms with Crippen molar-refractivity contribution in [3.05, 3.63) is 108 Å². The molecule has 3 N–H and O–H groups in total. The summed E-state index contributed by atoms with van der Waals surface area (Å²) in [6.07, 6.45) is 0. The molecule has 0 atom stereocenters. The summed E-state index contributed by atoms with van der Waals surface area (Å²) in [4.78, 5) is 12.8. The summed E-state index contributed by atoms with van der Waals surface area (Å²) in [6.45, 7) is 0. The molecule has 1 amide bonds. The molecule has 0 spiro atoms. The topological polar surface area (TPSA) is 81.9 Å². The maximum absolute atomic E-state index is 12.8. The van der Waals surface area contributed by atoms with E-state index in [1.54, 1.807) is 12.1 Å². The van der Waals surface area contributed by atoms with Crippen molar-refractivity contribution in [1.29, 1.82) is 0 Å². The van der Waals surface area contributed by atoms with Gasteiger partial charge in [-0.3, -0.25) is 4.79 Å². The molecule has 0 fully saturated rings. The SMILES string of the molecule is O=C(NN=C(c1ccccc1)c1ccc(O)cc1O)c1cccc2ccccc12. The van der Waals surface area contributed by atoms with Crippen LogP contribution in [-0.4, -0.2) is 21.8 Å². The van der Waals surface area contributed by atoms with Crippen molar-refractivity contribution >= 4 is 22.4 Å². The van der Waals surface area contributed by atoms with Gasteiger partial charge in [0.05, 0.1) is 0 Å². The maximum atomic E-state index is 12.8. The number of hydrogen-bond donors (Lipinski definition) is 3. The predicted octanol–water partition coefficient (Wildman–Crippen LogP) is 4.43. The Hall–Kier alpha value is -4.12. The van der Waals surface area contributed by atoms with Gasteiger partial charge >= 0.3 is 0 Å². The second kappa shape index (κ2) is 7.86. The molecule has 0 aliphatic heterocycles. The summed E-state index contributed by atoms with van der Waals surface area (Å²) in [7, 11) is 0. The quantitative estimate of drug-likeness (QED) is 0.361. The molecular formula is C24H18N2O3. The zero-order chi connectivity index (χ0) is 20.2. The summed E-state index contributed by atoms with van der Waals surface area (Å²) in [5.41, 5.74) is 4.61. The molecule has 142 valence electrons. The molecule has 0 saturated heterocycles. The number of carbonyl (C=O) groups excluding carboxylic acids is 1. The number of phenols is 2. The average Bonchev–Trinajstić information content (AvgIpc) is 2.75. The molecule has 0 saturated carbocycles. The Morgan fingerprint density at radius 3 is 2.28 bits per heavy atom. The van der Waals surface area contributed by atoms with Crippen LogP contribution in [0.2, 0.25) is 0 Å². The van der Waals surface area contributed by atoms with Crippen molar-refractivity contribution in [2.75, 3.05) is 0 Å². The third-order valence-electron chi connectivity index (χ3n) is 4.59. The van der Waals surface area contributed by atoms with Crippen LogP contribution in [0.3, 0.4) is 0 Å². The summed E-state index contributed by atoms with van der Waals surface area (Å²) in [6, 6.07) is 26.6. The summed E-state index contributed by atoms with van der Waals surface area (Å²) in [5, 5.41) is 26.0. The van der Waals surface area contributed by atoms with Gasteiger partial charge in [-0.1, -0.05) is 66.7 Å². The van der Waals surface area contributed by atoms with Crippen LogP contribution in [0.5, 0.6) is 11.5 Å². The van der Waals surface area contributed by atoms with Gasteiger partial charge in [-0.2, -0.15) is 5.10 Å². The number of amides is 1. The van der Waals surface area contributed by atoms with E-state index < -0.39 is 0 Å². The number of fused-ring (bicyclic) bond motifs is 1. The minimum Gasteiger partial charge on any atom is -0.508 e. The molecule has 4 aromatic carbocycles. The van der Waals surface area contributed by atoms with Crippen LogP contribution >= 0.6 is 0 Å². The third-order valence-corrected chi connectivity index (χ3v) is 4.59. The number of benzene rings is 4. The smallest absolute Gasteiger partial charge is 0.272 e. The van der Waals surface area contributed by atoms with Gasteiger partial charge in [0, 0.05) is 22.8 Å². The summed E-state index contributed by atoms with van der Waals surface area (Å²) < 4.78 is 0. The number of rotatable bonds is 4. The first-order valence-electron chi connectivity index (χ1n) is 9.07. The molecule has 0 unspecified atom stereocenters. The fourth-order valence-electron chi connectivity index (χ4n) is 3.19. The van der Waals surface area contributed by atoms with Crippen LogP contribution in [0, 0.1) is 0 Å². The lowest BCUT2D eigenvalue weighted by Crippen LogP contribution is -2.21. The molecule has 29 heavy (non-hydrogen) atoms. The monoisotopic (exact) mass is 382 g/mol. The van der Waals surface area contributed by atoms with Crippen molar-refractivity contribution in [2.24, 2.45) is 5.10 Å². The fraction of sp³-hybridized carbons (Fsp3) is 0. The number of hydrazone groups is 1. The molecule has 0 radical (unpaired) electrons. The van der Waals surface area contributed by atoms with E-state index in [1.165, 1.54) is 12.1 Å². The number of aromatic hydroxyl groups is 2. The molecule has 0 aromatic heterocycles. The highest BCUT2D eigenvalue weighted by Crippen LogP contribution is 2.25. The van der Waals surface area contributed by atoms with Crippen molar-refractivity contribution < 1.29 is 15.0 Å². The highest BCUT2D eigenvalue weighted by atomic mass is 16.3. The fourth-order valence-corrected chi connectivity index (χ4v) is 3.19. The van der Waals surface area contributed by atoms with Gasteiger partial charge in [-0.15, -0.1) is 0 Å². The lowest BCUT2D eigenvalue weighted by Gasteiger charge is -2.11. The van der Waals surface area contributed by atoms with Crippen LogP contribution < -0.4 is 5.43 Å². The first-order valence-corrected chi connectivity index (χ1v) is 9.07. The zero-order valence-corrected chi connectivity index (χ0v) is 15.4. The standard InChI is InChI=1S/C24H18N2O3/c27-18-13-14-21(22(28)15-18)23(17-8-2-1-3-9-17)25-26-24(29)20-12-6-10-16-7-4-5-11-19(16)20/h1-15,27-28H,(H,26,29). The van der Waals surface area contributed by atoms with E-state index in [9.17, 15) is 15.0 Å². The van der Waals surface area contributed by atoms with E-state index in [1.807, 2.05) is 66.7 Å². The Morgan fingerprint density at radius 2 is 1.48 bits per heavy atom. The highest BCUT2D eigenvalue weighted by molar-refractivity contribution is 6.15. The van der Waals surface area contributed by atoms with Gasteiger partial charge in [0.15, 0.2) is 0 Å². The van der Waals surface area contributed by atoms with Gasteiger partial charge in [0.25, 0.3) is 5.91 Å². The van der Waals surface area contributed by atoms with Crippen LogP contribution in [0.15, 0.2) is 96.1 Å². The second-order valence-corrected chi connectivity index (χ2v) is 6.50. The summed E-state index contributed by atoms with van der Waals surface area (Å²) in [5.74, 6) is -0.543. The Balaban J connectivity index is 1.74. The molecule has 0 aliphatic carbocycles. The lowest BCUT2D eigenvalue weighted by molar-refractivity contribution is 0.0956. The van der Waals surface area contributed by atoms with Gasteiger partial charge < -0.3 is 10.2 Å². The molecule has 0 heterocycles. The van der Waals surface area contributed by atoms with Crippen LogP contribution in [0.25, 0.3) is 10.8 Å². The molecule has 0 bridgehead atoms. The Bertz CT molecular complexity index is 1210. The highest BCUT2D eigenvalue weighted by Gasteiger charge is 2.14. The van der Waals surface area contributed by atoms with Crippen molar-refractivity contribution in [2.45, 2.75) is 0 Å². The van der Waals surface area contributed by atoms with Crippen LogP contribution in [-0.2, 0) is 0 Å². The predicted molar refractivity (Wildman–Crippen MR) is 113 cm³/mol. The molecular weight excluding hydrogens is 364 g/mol. The molecule has 5 heteroatoms. The van der Waals surface area contributed by atoms with Crippen molar-refractivity contribution in [1.82, 2.24) is 5.43 Å². The number of hydrogen-bond acceptors (Lipinski definition) is 4. The third kappa shape index (κ3) is 3.80. The first kappa shape index (κ1) is 18.3. The van der Waals surface area contributed by atoms with Crippen LogP contribution in [0.4, 0.5) is 0 Å². The van der Waals surface area contributed by atoms with Gasteiger partial charge in [-0.05, 0) is 29.0 Å². The molecule has 5 nitrogen and oxygen atoms in total. The zero-order valence-electron chi connectivity index (χ0n) is 15.4. The minimum atomic E-state index is -0.353. The molecule has 0 aliphatic rings. The van der Waals surface area contributed by atoms with E-state index in [0.717, 1.165) is 10.8 Å². The largest absolute Gasteiger partial charge is 0.508 e. The van der Waals surface area contributed by atoms with Crippen LogP contribution in [0.1, 0.15) is 21.5 Å². The maximum Gasteiger partial charge on any atom is 0.272 e. The van der Waals surface area contributed by atoms with E-state index >= 15 is 0 Å². The molecule has 4 aromatic rings. The first-order chi connectivity index (χ1) is 14.1. The molecule has 4 rings (SSSR count). The summed E-state index contributed by atoms with van der Waals surface area (Å²) >= 11 is 0. The number of carbonyl (C=O) groups is 1.